The Hall–Kier alpha value is -0.890. The molecule has 82 valence electrons. The van der Waals surface area contributed by atoms with E-state index >= 15 is 0 Å². The molecule has 2 rings (SSSR count). The summed E-state index contributed by atoms with van der Waals surface area (Å²) in [7, 11) is 0. The van der Waals surface area contributed by atoms with Crippen LogP contribution in [-0.2, 0) is 0 Å². The molecule has 1 fully saturated rings. The van der Waals surface area contributed by atoms with Gasteiger partial charge in [0.15, 0.2) is 0 Å². The fourth-order valence-electron chi connectivity index (χ4n) is 2.45. The zero-order chi connectivity index (χ0) is 11.0. The van der Waals surface area contributed by atoms with Crippen molar-refractivity contribution in [2.24, 2.45) is 5.92 Å². The Morgan fingerprint density at radius 1 is 1.33 bits per heavy atom. The number of hydrogen-bond donors (Lipinski definition) is 1. The molecule has 3 atom stereocenters. The van der Waals surface area contributed by atoms with Gasteiger partial charge in [0.25, 0.3) is 0 Å². The number of aryl methyl sites for hydroxylation is 1. The quantitative estimate of drug-likeness (QED) is 0.752. The average Bonchev–Trinajstić information content (AvgIpc) is 2.53. The zero-order valence-electron chi connectivity index (χ0n) is 9.20. The summed E-state index contributed by atoms with van der Waals surface area (Å²) in [5.41, 5.74) is 1.71. The largest absolute Gasteiger partial charge is 0.393 e. The van der Waals surface area contributed by atoms with Gasteiger partial charge < -0.3 is 5.11 Å². The lowest BCUT2D eigenvalue weighted by Crippen LogP contribution is -2.14. The molecule has 0 amide bonds. The van der Waals surface area contributed by atoms with Gasteiger partial charge >= 0.3 is 0 Å². The molecule has 3 unspecified atom stereocenters. The molecule has 0 bridgehead atoms. The molecule has 0 aromatic heterocycles. The van der Waals surface area contributed by atoms with E-state index in [1.807, 2.05) is 19.1 Å². The van der Waals surface area contributed by atoms with Gasteiger partial charge in [0.05, 0.1) is 6.10 Å². The Bertz CT molecular complexity index is 362. The van der Waals surface area contributed by atoms with E-state index in [2.05, 4.69) is 0 Å². The summed E-state index contributed by atoms with van der Waals surface area (Å²) in [6, 6.07) is 5.42. The molecule has 1 aromatic rings. The maximum Gasteiger partial charge on any atom is 0.126 e. The first-order valence-electron chi connectivity index (χ1n) is 5.53. The van der Waals surface area contributed by atoms with E-state index in [0.717, 1.165) is 18.4 Å². The Morgan fingerprint density at radius 2 is 2.07 bits per heavy atom. The highest BCUT2D eigenvalue weighted by Gasteiger charge is 2.32. The van der Waals surface area contributed by atoms with Crippen LogP contribution in [0.1, 0.15) is 36.8 Å². The lowest BCUT2D eigenvalue weighted by molar-refractivity contribution is 0.136. The van der Waals surface area contributed by atoms with Gasteiger partial charge in [0.2, 0.25) is 0 Å². The van der Waals surface area contributed by atoms with Gasteiger partial charge in [0, 0.05) is 0 Å². The van der Waals surface area contributed by atoms with E-state index in [0.29, 0.717) is 11.5 Å². The molecule has 1 saturated carbocycles. The lowest BCUT2D eigenvalue weighted by Gasteiger charge is -2.18. The summed E-state index contributed by atoms with van der Waals surface area (Å²) < 4.78 is 13.4. The molecule has 1 aliphatic carbocycles. The number of benzene rings is 1. The third kappa shape index (κ3) is 1.91. The van der Waals surface area contributed by atoms with E-state index in [9.17, 15) is 9.50 Å². The van der Waals surface area contributed by atoms with Crippen LogP contribution in [0.4, 0.5) is 4.39 Å². The highest BCUT2D eigenvalue weighted by atomic mass is 19.1. The summed E-state index contributed by atoms with van der Waals surface area (Å²) >= 11 is 0. The molecule has 1 N–H and O–H groups in total. The Balaban J connectivity index is 2.26. The molecule has 0 saturated heterocycles. The third-order valence-electron chi connectivity index (χ3n) is 3.64. The van der Waals surface area contributed by atoms with Crippen LogP contribution in [0.25, 0.3) is 0 Å². The molecule has 0 aliphatic heterocycles. The van der Waals surface area contributed by atoms with Crippen molar-refractivity contribution >= 4 is 0 Å². The monoisotopic (exact) mass is 208 g/mol. The molecule has 2 heteroatoms. The SMILES string of the molecule is Cc1ccc(C2CCC(O)C2C)cc1F. The highest BCUT2D eigenvalue weighted by Crippen LogP contribution is 2.39. The number of aliphatic hydroxyl groups excluding tert-OH is 1. The van der Waals surface area contributed by atoms with E-state index in [1.54, 1.807) is 13.0 Å². The van der Waals surface area contributed by atoms with Gasteiger partial charge in [-0.2, -0.15) is 0 Å². The van der Waals surface area contributed by atoms with Crippen molar-refractivity contribution < 1.29 is 9.50 Å². The topological polar surface area (TPSA) is 20.2 Å². The van der Waals surface area contributed by atoms with Crippen LogP contribution in [0.3, 0.4) is 0 Å². The van der Waals surface area contributed by atoms with E-state index in [1.165, 1.54) is 0 Å². The van der Waals surface area contributed by atoms with Gasteiger partial charge in [-0.15, -0.1) is 0 Å². The predicted molar refractivity (Wildman–Crippen MR) is 58.3 cm³/mol. The van der Waals surface area contributed by atoms with Crippen molar-refractivity contribution in [3.63, 3.8) is 0 Å². The van der Waals surface area contributed by atoms with Gasteiger partial charge in [0.1, 0.15) is 5.82 Å². The van der Waals surface area contributed by atoms with Crippen molar-refractivity contribution in [3.05, 3.63) is 35.1 Å². The highest BCUT2D eigenvalue weighted by molar-refractivity contribution is 5.27. The average molecular weight is 208 g/mol. The lowest BCUT2D eigenvalue weighted by atomic mass is 9.89. The first-order valence-corrected chi connectivity index (χ1v) is 5.53. The Kier molecular flexibility index (Phi) is 2.79. The summed E-state index contributed by atoms with van der Waals surface area (Å²) in [5, 5.41) is 9.66. The molecule has 1 nitrogen and oxygen atoms in total. The van der Waals surface area contributed by atoms with Crippen LogP contribution >= 0.6 is 0 Å². The number of halogens is 1. The van der Waals surface area contributed by atoms with Crippen molar-refractivity contribution in [2.75, 3.05) is 0 Å². The molecule has 1 aromatic carbocycles. The second-order valence-electron chi connectivity index (χ2n) is 4.62. The minimum absolute atomic E-state index is 0.138. The molecule has 15 heavy (non-hydrogen) atoms. The van der Waals surface area contributed by atoms with Crippen LogP contribution in [0, 0.1) is 18.7 Å². The second-order valence-corrected chi connectivity index (χ2v) is 4.62. The van der Waals surface area contributed by atoms with Crippen LogP contribution in [0.2, 0.25) is 0 Å². The summed E-state index contributed by atoms with van der Waals surface area (Å²) in [6.07, 6.45) is 1.57. The standard InChI is InChI=1S/C13H17FO/c1-8-3-4-10(7-12(8)14)11-5-6-13(15)9(11)2/h3-4,7,9,11,13,15H,5-6H2,1-2H3. The fourth-order valence-corrected chi connectivity index (χ4v) is 2.45. The molecule has 0 radical (unpaired) electrons. The van der Waals surface area contributed by atoms with E-state index in [-0.39, 0.29) is 17.8 Å². The van der Waals surface area contributed by atoms with Gasteiger partial charge in [-0.3, -0.25) is 0 Å². The van der Waals surface area contributed by atoms with Crippen LogP contribution in [-0.4, -0.2) is 11.2 Å². The van der Waals surface area contributed by atoms with Crippen molar-refractivity contribution in [1.29, 1.82) is 0 Å². The van der Waals surface area contributed by atoms with Crippen molar-refractivity contribution in [3.8, 4) is 0 Å². The second kappa shape index (κ2) is 3.93. The van der Waals surface area contributed by atoms with Crippen LogP contribution < -0.4 is 0 Å². The number of rotatable bonds is 1. The smallest absolute Gasteiger partial charge is 0.126 e. The minimum Gasteiger partial charge on any atom is -0.393 e. The molecular formula is C13H17FO. The normalized spacial score (nSPS) is 30.8. The number of aliphatic hydroxyl groups is 1. The van der Waals surface area contributed by atoms with Gasteiger partial charge in [-0.25, -0.2) is 4.39 Å². The van der Waals surface area contributed by atoms with Crippen LogP contribution in [0.5, 0.6) is 0 Å². The summed E-state index contributed by atoms with van der Waals surface area (Å²) in [5.74, 6) is 0.420. The van der Waals surface area contributed by atoms with E-state index < -0.39 is 0 Å². The first kappa shape index (κ1) is 10.6. The fraction of sp³-hybridized carbons (Fsp3) is 0.538. The molecule has 1 aliphatic rings. The maximum atomic E-state index is 13.4. The zero-order valence-corrected chi connectivity index (χ0v) is 9.20. The Labute approximate surface area is 89.9 Å². The van der Waals surface area contributed by atoms with Crippen LogP contribution in [0.15, 0.2) is 18.2 Å². The summed E-state index contributed by atoms with van der Waals surface area (Å²) in [6.45, 7) is 3.81. The Morgan fingerprint density at radius 3 is 2.60 bits per heavy atom. The minimum atomic E-state index is -0.223. The van der Waals surface area contributed by atoms with Gasteiger partial charge in [-0.1, -0.05) is 19.1 Å². The van der Waals surface area contributed by atoms with E-state index in [4.69, 9.17) is 0 Å². The molecule has 0 heterocycles. The molecular weight excluding hydrogens is 191 g/mol. The number of hydrogen-bond acceptors (Lipinski definition) is 1. The van der Waals surface area contributed by atoms with Gasteiger partial charge in [-0.05, 0) is 48.8 Å². The van der Waals surface area contributed by atoms with Crippen molar-refractivity contribution in [1.82, 2.24) is 0 Å². The predicted octanol–water partition coefficient (Wildman–Crippen LogP) is 3.01. The maximum absolute atomic E-state index is 13.4. The first-order chi connectivity index (χ1) is 7.09. The summed E-state index contributed by atoms with van der Waals surface area (Å²) in [4.78, 5) is 0. The van der Waals surface area contributed by atoms with Crippen molar-refractivity contribution in [2.45, 2.75) is 38.7 Å². The third-order valence-corrected chi connectivity index (χ3v) is 3.64. The molecule has 0 spiro atoms.